The quantitative estimate of drug-likeness (QED) is 0.853. The van der Waals surface area contributed by atoms with Crippen LogP contribution in [0.15, 0.2) is 10.6 Å². The Bertz CT molecular complexity index is 505. The van der Waals surface area contributed by atoms with Gasteiger partial charge in [0, 0.05) is 5.92 Å². The van der Waals surface area contributed by atoms with Gasteiger partial charge >= 0.3 is 5.97 Å². The topological polar surface area (TPSA) is 97.5 Å². The summed E-state index contributed by atoms with van der Waals surface area (Å²) in [4.78, 5) is 14.3. The van der Waals surface area contributed by atoms with Gasteiger partial charge in [0.25, 0.3) is 0 Å². The third-order valence-electron chi connectivity index (χ3n) is 2.83. The molecule has 6 nitrogen and oxygen atoms in total. The van der Waals surface area contributed by atoms with Crippen LogP contribution >= 0.6 is 0 Å². The molecule has 0 aliphatic carbocycles. The molecule has 0 aromatic carbocycles. The Morgan fingerprint density at radius 3 is 2.71 bits per heavy atom. The lowest BCUT2D eigenvalue weighted by Gasteiger charge is -2.19. The van der Waals surface area contributed by atoms with Gasteiger partial charge in [-0.3, -0.25) is 4.79 Å². The largest absolute Gasteiger partial charge is 0.481 e. The molecule has 17 heavy (non-hydrogen) atoms. The molecule has 7 heteroatoms. The van der Waals surface area contributed by atoms with Gasteiger partial charge in [0.05, 0.1) is 17.7 Å². The maximum absolute atomic E-state index is 11.3. The van der Waals surface area contributed by atoms with Crippen molar-refractivity contribution in [2.75, 3.05) is 11.5 Å². The highest BCUT2D eigenvalue weighted by atomic mass is 32.2. The lowest BCUT2D eigenvalue weighted by molar-refractivity contribution is -0.136. The Labute approximate surface area is 98.6 Å². The lowest BCUT2D eigenvalue weighted by atomic mass is 10.0. The molecule has 0 spiro atoms. The maximum atomic E-state index is 11.3. The fourth-order valence-electron chi connectivity index (χ4n) is 1.90. The van der Waals surface area contributed by atoms with Crippen LogP contribution in [0.25, 0.3) is 0 Å². The number of hydrogen-bond donors (Lipinski definition) is 1. The first kappa shape index (κ1) is 12.1. The molecular weight excluding hydrogens is 246 g/mol. The fraction of sp³-hybridized carbons (Fsp3) is 0.600. The smallest absolute Gasteiger partial charge is 0.312 e. The molecule has 0 amide bonds. The Kier molecular flexibility index (Phi) is 3.19. The van der Waals surface area contributed by atoms with Crippen molar-refractivity contribution in [3.8, 4) is 0 Å². The Morgan fingerprint density at radius 1 is 1.47 bits per heavy atom. The number of carboxylic acid groups (broad SMARTS) is 1. The SMILES string of the molecule is O=C(O)Cc1ncc(C2CCS(=O)(=O)CC2)o1. The summed E-state index contributed by atoms with van der Waals surface area (Å²) < 4.78 is 27.8. The highest BCUT2D eigenvalue weighted by Crippen LogP contribution is 2.29. The molecule has 0 unspecified atom stereocenters. The predicted molar refractivity (Wildman–Crippen MR) is 58.5 cm³/mol. The molecule has 2 heterocycles. The number of oxazole rings is 1. The van der Waals surface area contributed by atoms with Crippen LogP contribution in [0.4, 0.5) is 0 Å². The maximum Gasteiger partial charge on any atom is 0.312 e. The molecule has 0 atom stereocenters. The molecule has 1 aliphatic heterocycles. The van der Waals surface area contributed by atoms with E-state index in [4.69, 9.17) is 9.52 Å². The zero-order valence-electron chi connectivity index (χ0n) is 9.13. The summed E-state index contributed by atoms with van der Waals surface area (Å²) in [5, 5.41) is 8.58. The monoisotopic (exact) mass is 259 g/mol. The molecule has 1 saturated heterocycles. The van der Waals surface area contributed by atoms with Crippen LogP contribution in [-0.4, -0.2) is 36.0 Å². The van der Waals surface area contributed by atoms with Gasteiger partial charge in [-0.15, -0.1) is 0 Å². The van der Waals surface area contributed by atoms with Crippen LogP contribution in [0.1, 0.15) is 30.4 Å². The van der Waals surface area contributed by atoms with Crippen molar-refractivity contribution >= 4 is 15.8 Å². The fourth-order valence-corrected chi connectivity index (χ4v) is 3.39. The standard InChI is InChI=1S/C10H13NO5S/c12-10(13)5-9-11-6-8(16-9)7-1-3-17(14,15)4-2-7/h6-7H,1-5H2,(H,12,13). The zero-order valence-corrected chi connectivity index (χ0v) is 9.94. The van der Waals surface area contributed by atoms with Crippen molar-refractivity contribution in [2.24, 2.45) is 0 Å². The minimum atomic E-state index is -2.89. The zero-order chi connectivity index (χ0) is 12.5. The highest BCUT2D eigenvalue weighted by Gasteiger charge is 2.27. The van der Waals surface area contributed by atoms with Gasteiger partial charge < -0.3 is 9.52 Å². The summed E-state index contributed by atoms with van der Waals surface area (Å²) in [7, 11) is -2.89. The van der Waals surface area contributed by atoms with Gasteiger partial charge in [0.2, 0.25) is 5.89 Å². The van der Waals surface area contributed by atoms with E-state index < -0.39 is 15.8 Å². The molecule has 94 valence electrons. The first-order valence-corrected chi connectivity index (χ1v) is 7.15. The summed E-state index contributed by atoms with van der Waals surface area (Å²) in [6.07, 6.45) is 2.29. The van der Waals surface area contributed by atoms with Crippen molar-refractivity contribution in [3.05, 3.63) is 17.8 Å². The number of nitrogens with zero attached hydrogens (tertiary/aromatic N) is 1. The number of rotatable bonds is 3. The summed E-state index contributed by atoms with van der Waals surface area (Å²) >= 11 is 0. The van der Waals surface area contributed by atoms with Crippen LogP contribution in [0.3, 0.4) is 0 Å². The molecule has 0 bridgehead atoms. The number of carbonyl (C=O) groups is 1. The molecule has 1 aromatic rings. The first-order valence-electron chi connectivity index (χ1n) is 5.33. The lowest BCUT2D eigenvalue weighted by Crippen LogP contribution is -2.21. The molecular formula is C10H13NO5S. The Balaban J connectivity index is 2.04. The van der Waals surface area contributed by atoms with Crippen molar-refractivity contribution in [3.63, 3.8) is 0 Å². The van der Waals surface area contributed by atoms with Gasteiger partial charge in [0.15, 0.2) is 0 Å². The summed E-state index contributed by atoms with van der Waals surface area (Å²) in [6.45, 7) is 0. The summed E-state index contributed by atoms with van der Waals surface area (Å²) in [5.41, 5.74) is 0. The third-order valence-corrected chi connectivity index (χ3v) is 4.55. The van der Waals surface area contributed by atoms with Gasteiger partial charge in [-0.2, -0.15) is 0 Å². The molecule has 1 aromatic heterocycles. The van der Waals surface area contributed by atoms with E-state index in [0.717, 1.165) is 0 Å². The van der Waals surface area contributed by atoms with E-state index in [1.54, 1.807) is 0 Å². The van der Waals surface area contributed by atoms with E-state index in [0.29, 0.717) is 18.6 Å². The van der Waals surface area contributed by atoms with E-state index in [-0.39, 0.29) is 29.7 Å². The van der Waals surface area contributed by atoms with Gasteiger partial charge in [-0.25, -0.2) is 13.4 Å². The minimum absolute atomic E-state index is 0.0357. The van der Waals surface area contributed by atoms with Gasteiger partial charge in [-0.05, 0) is 12.8 Å². The number of hydrogen-bond acceptors (Lipinski definition) is 5. The summed E-state index contributed by atoms with van der Waals surface area (Å²) in [6, 6.07) is 0. The molecule has 2 rings (SSSR count). The minimum Gasteiger partial charge on any atom is -0.481 e. The summed E-state index contributed by atoms with van der Waals surface area (Å²) in [5.74, 6) is 0.120. The third kappa shape index (κ3) is 3.06. The first-order chi connectivity index (χ1) is 7.96. The van der Waals surface area contributed by atoms with Crippen molar-refractivity contribution in [1.29, 1.82) is 0 Å². The van der Waals surface area contributed by atoms with Gasteiger partial charge in [-0.1, -0.05) is 0 Å². The van der Waals surface area contributed by atoms with Crippen LogP contribution in [0, 0.1) is 0 Å². The van der Waals surface area contributed by atoms with Crippen LogP contribution in [-0.2, 0) is 21.1 Å². The molecule has 0 radical (unpaired) electrons. The second kappa shape index (κ2) is 4.48. The van der Waals surface area contributed by atoms with Crippen molar-refractivity contribution in [2.45, 2.75) is 25.2 Å². The van der Waals surface area contributed by atoms with Crippen LogP contribution in [0.2, 0.25) is 0 Å². The van der Waals surface area contributed by atoms with E-state index in [1.165, 1.54) is 6.20 Å². The van der Waals surface area contributed by atoms with E-state index >= 15 is 0 Å². The van der Waals surface area contributed by atoms with E-state index in [2.05, 4.69) is 4.98 Å². The van der Waals surface area contributed by atoms with Crippen molar-refractivity contribution < 1.29 is 22.7 Å². The van der Waals surface area contributed by atoms with Gasteiger partial charge in [0.1, 0.15) is 22.0 Å². The average Bonchev–Trinajstić information content (AvgIpc) is 2.65. The van der Waals surface area contributed by atoms with Crippen LogP contribution in [0.5, 0.6) is 0 Å². The average molecular weight is 259 g/mol. The Hall–Kier alpha value is -1.37. The van der Waals surface area contributed by atoms with E-state index in [9.17, 15) is 13.2 Å². The predicted octanol–water partition coefficient (Wildman–Crippen LogP) is 0.594. The number of carboxylic acids is 1. The normalized spacial score (nSPS) is 20.2. The molecule has 0 saturated carbocycles. The Morgan fingerprint density at radius 2 is 2.12 bits per heavy atom. The number of aromatic nitrogens is 1. The second-order valence-electron chi connectivity index (χ2n) is 4.15. The number of sulfone groups is 1. The molecule has 1 N–H and O–H groups in total. The van der Waals surface area contributed by atoms with E-state index in [1.807, 2.05) is 0 Å². The molecule has 1 aliphatic rings. The van der Waals surface area contributed by atoms with Crippen molar-refractivity contribution in [1.82, 2.24) is 4.98 Å². The molecule has 1 fully saturated rings. The highest BCUT2D eigenvalue weighted by molar-refractivity contribution is 7.91. The van der Waals surface area contributed by atoms with Crippen LogP contribution < -0.4 is 0 Å². The second-order valence-corrected chi connectivity index (χ2v) is 6.46. The number of aliphatic carboxylic acids is 1.